The minimum absolute atomic E-state index is 0.372. The molecule has 3 nitrogen and oxygen atoms in total. The van der Waals surface area contributed by atoms with Crippen molar-refractivity contribution in [1.29, 1.82) is 0 Å². The zero-order valence-electron chi connectivity index (χ0n) is 13.3. The van der Waals surface area contributed by atoms with Crippen LogP contribution < -0.4 is 10.1 Å². The lowest BCUT2D eigenvalue weighted by molar-refractivity contribution is 0.199. The summed E-state index contributed by atoms with van der Waals surface area (Å²) in [5, 5.41) is 3.30. The van der Waals surface area contributed by atoms with Crippen LogP contribution in [-0.2, 0) is 6.54 Å². The molecule has 0 spiro atoms. The van der Waals surface area contributed by atoms with Crippen molar-refractivity contribution in [3.8, 4) is 5.75 Å². The van der Waals surface area contributed by atoms with Crippen LogP contribution in [0.25, 0.3) is 0 Å². The third-order valence-corrected chi connectivity index (χ3v) is 4.47. The van der Waals surface area contributed by atoms with E-state index in [0.29, 0.717) is 6.04 Å². The van der Waals surface area contributed by atoms with Gasteiger partial charge in [0.2, 0.25) is 0 Å². The summed E-state index contributed by atoms with van der Waals surface area (Å²) in [5.74, 6) is 1.91. The molecule has 112 valence electrons. The van der Waals surface area contributed by atoms with E-state index < -0.39 is 0 Å². The Labute approximate surface area is 123 Å². The maximum atomic E-state index is 5.51. The Balaban J connectivity index is 2.06. The van der Waals surface area contributed by atoms with E-state index in [9.17, 15) is 0 Å². The molecular weight excluding hydrogens is 248 g/mol. The quantitative estimate of drug-likeness (QED) is 0.827. The molecule has 0 heterocycles. The summed E-state index contributed by atoms with van der Waals surface area (Å²) in [4.78, 5) is 2.43. The van der Waals surface area contributed by atoms with Crippen LogP contribution in [0.2, 0.25) is 0 Å². The summed E-state index contributed by atoms with van der Waals surface area (Å²) in [7, 11) is 5.97. The van der Waals surface area contributed by atoms with Crippen molar-refractivity contribution < 1.29 is 4.74 Å². The van der Waals surface area contributed by atoms with Gasteiger partial charge >= 0.3 is 0 Å². The maximum absolute atomic E-state index is 5.51. The molecule has 20 heavy (non-hydrogen) atoms. The van der Waals surface area contributed by atoms with Crippen LogP contribution >= 0.6 is 0 Å². The van der Waals surface area contributed by atoms with Crippen LogP contribution in [0.15, 0.2) is 18.2 Å². The highest BCUT2D eigenvalue weighted by molar-refractivity contribution is 5.38. The fraction of sp³-hybridized carbons (Fsp3) is 0.647. The van der Waals surface area contributed by atoms with Crippen LogP contribution in [0.1, 0.15) is 43.4 Å². The molecule has 1 fully saturated rings. The molecule has 0 radical (unpaired) electrons. The highest BCUT2D eigenvalue weighted by Gasteiger charge is 2.19. The molecule has 0 saturated heterocycles. The number of benzene rings is 1. The molecule has 2 rings (SSSR count). The van der Waals surface area contributed by atoms with Gasteiger partial charge in [0.15, 0.2) is 0 Å². The van der Waals surface area contributed by atoms with Gasteiger partial charge in [-0.3, -0.25) is 0 Å². The zero-order chi connectivity index (χ0) is 14.5. The molecular formula is C17H28N2O. The predicted octanol–water partition coefficient (Wildman–Crippen LogP) is 3.21. The van der Waals surface area contributed by atoms with Crippen molar-refractivity contribution in [1.82, 2.24) is 10.2 Å². The lowest BCUT2D eigenvalue weighted by atomic mass is 9.85. The third kappa shape index (κ3) is 3.74. The van der Waals surface area contributed by atoms with E-state index in [2.05, 4.69) is 42.4 Å². The van der Waals surface area contributed by atoms with Crippen LogP contribution in [0, 0.1) is 5.92 Å². The SMILES string of the molecule is CNC(C)c1ccc(OC)c(CN(C)CC2CCC2)c1. The number of nitrogens with one attached hydrogen (secondary N) is 1. The normalized spacial score (nSPS) is 17.1. The van der Waals surface area contributed by atoms with Gasteiger partial charge in [0.25, 0.3) is 0 Å². The summed E-state index contributed by atoms with van der Waals surface area (Å²) in [6.45, 7) is 4.35. The average molecular weight is 276 g/mol. The standard InChI is InChI=1S/C17H28N2O/c1-13(18-2)15-8-9-17(20-4)16(10-15)12-19(3)11-14-6-5-7-14/h8-10,13-14,18H,5-7,11-12H2,1-4H3. The smallest absolute Gasteiger partial charge is 0.123 e. The second-order valence-corrected chi connectivity index (χ2v) is 6.08. The van der Waals surface area contributed by atoms with Gasteiger partial charge in [-0.1, -0.05) is 12.5 Å². The highest BCUT2D eigenvalue weighted by Crippen LogP contribution is 2.28. The summed E-state index contributed by atoms with van der Waals surface area (Å²) < 4.78 is 5.51. The Morgan fingerprint density at radius 2 is 2.15 bits per heavy atom. The molecule has 1 saturated carbocycles. The minimum atomic E-state index is 0.372. The van der Waals surface area contributed by atoms with Crippen LogP contribution in [0.3, 0.4) is 0 Å². The lowest BCUT2D eigenvalue weighted by Crippen LogP contribution is -2.29. The molecule has 1 aliphatic rings. The van der Waals surface area contributed by atoms with Crippen LogP contribution in [-0.4, -0.2) is 32.6 Å². The fourth-order valence-corrected chi connectivity index (χ4v) is 2.83. The lowest BCUT2D eigenvalue weighted by Gasteiger charge is -2.30. The Hall–Kier alpha value is -1.06. The van der Waals surface area contributed by atoms with E-state index in [-0.39, 0.29) is 0 Å². The first kappa shape index (κ1) is 15.3. The molecule has 0 bridgehead atoms. The molecule has 1 aromatic rings. The van der Waals surface area contributed by atoms with Crippen molar-refractivity contribution >= 4 is 0 Å². The van der Waals surface area contributed by atoms with Gasteiger partial charge in [-0.15, -0.1) is 0 Å². The number of rotatable bonds is 7. The van der Waals surface area contributed by atoms with Crippen molar-refractivity contribution in [2.45, 2.75) is 38.8 Å². The molecule has 0 aromatic heterocycles. The number of nitrogens with zero attached hydrogens (tertiary/aromatic N) is 1. The van der Waals surface area contributed by atoms with Gasteiger partial charge < -0.3 is 15.0 Å². The second-order valence-electron chi connectivity index (χ2n) is 6.08. The molecule has 1 N–H and O–H groups in total. The maximum Gasteiger partial charge on any atom is 0.123 e. The Morgan fingerprint density at radius 1 is 1.40 bits per heavy atom. The molecule has 1 atom stereocenters. The molecule has 0 aliphatic heterocycles. The average Bonchev–Trinajstić information content (AvgIpc) is 2.42. The molecule has 1 aliphatic carbocycles. The van der Waals surface area contributed by atoms with E-state index in [1.807, 2.05) is 7.05 Å². The second kappa shape index (κ2) is 7.09. The first-order chi connectivity index (χ1) is 9.63. The minimum Gasteiger partial charge on any atom is -0.496 e. The molecule has 1 aromatic carbocycles. The van der Waals surface area contributed by atoms with Gasteiger partial charge in [-0.2, -0.15) is 0 Å². The summed E-state index contributed by atoms with van der Waals surface area (Å²) >= 11 is 0. The first-order valence-corrected chi connectivity index (χ1v) is 7.66. The number of hydrogen-bond donors (Lipinski definition) is 1. The van der Waals surface area contributed by atoms with E-state index in [1.165, 1.54) is 36.9 Å². The predicted molar refractivity (Wildman–Crippen MR) is 84.1 cm³/mol. The fourth-order valence-electron chi connectivity index (χ4n) is 2.83. The van der Waals surface area contributed by atoms with Crippen molar-refractivity contribution in [2.24, 2.45) is 5.92 Å². The van der Waals surface area contributed by atoms with Crippen molar-refractivity contribution in [3.63, 3.8) is 0 Å². The zero-order valence-corrected chi connectivity index (χ0v) is 13.3. The number of hydrogen-bond acceptors (Lipinski definition) is 3. The molecule has 1 unspecified atom stereocenters. The van der Waals surface area contributed by atoms with Gasteiger partial charge in [0, 0.05) is 24.7 Å². The van der Waals surface area contributed by atoms with E-state index in [0.717, 1.165) is 18.2 Å². The number of methoxy groups -OCH3 is 1. The van der Waals surface area contributed by atoms with E-state index in [1.54, 1.807) is 7.11 Å². The van der Waals surface area contributed by atoms with Gasteiger partial charge in [0.1, 0.15) is 5.75 Å². The molecule has 3 heteroatoms. The van der Waals surface area contributed by atoms with Gasteiger partial charge in [0.05, 0.1) is 7.11 Å². The topological polar surface area (TPSA) is 24.5 Å². The Morgan fingerprint density at radius 3 is 2.70 bits per heavy atom. The molecule has 0 amide bonds. The van der Waals surface area contributed by atoms with Gasteiger partial charge in [-0.25, -0.2) is 0 Å². The summed E-state index contributed by atoms with van der Waals surface area (Å²) in [5.41, 5.74) is 2.61. The number of ether oxygens (including phenoxy) is 1. The Bertz CT molecular complexity index is 429. The van der Waals surface area contributed by atoms with Crippen molar-refractivity contribution in [2.75, 3.05) is 27.7 Å². The van der Waals surface area contributed by atoms with Gasteiger partial charge in [-0.05, 0) is 57.5 Å². The highest BCUT2D eigenvalue weighted by atomic mass is 16.5. The van der Waals surface area contributed by atoms with Crippen LogP contribution in [0.5, 0.6) is 5.75 Å². The Kier molecular flexibility index (Phi) is 5.44. The summed E-state index contributed by atoms with van der Waals surface area (Å²) in [6.07, 6.45) is 4.22. The van der Waals surface area contributed by atoms with Crippen LogP contribution in [0.4, 0.5) is 0 Å². The third-order valence-electron chi connectivity index (χ3n) is 4.47. The van der Waals surface area contributed by atoms with E-state index in [4.69, 9.17) is 4.74 Å². The largest absolute Gasteiger partial charge is 0.496 e. The monoisotopic (exact) mass is 276 g/mol. The van der Waals surface area contributed by atoms with E-state index >= 15 is 0 Å². The van der Waals surface area contributed by atoms with Crippen molar-refractivity contribution in [3.05, 3.63) is 29.3 Å². The summed E-state index contributed by atoms with van der Waals surface area (Å²) in [6, 6.07) is 6.89. The first-order valence-electron chi connectivity index (χ1n) is 7.66.